The zero-order valence-electron chi connectivity index (χ0n) is 11.2. The Morgan fingerprint density at radius 1 is 1.21 bits per heavy atom. The van der Waals surface area contributed by atoms with Crippen molar-refractivity contribution < 1.29 is 19.0 Å². The van der Waals surface area contributed by atoms with Gasteiger partial charge in [0.05, 0.1) is 13.7 Å². The number of carbonyl (C=O) groups excluding carboxylic acids is 1. The summed E-state index contributed by atoms with van der Waals surface area (Å²) in [6.45, 7) is 0.241. The Labute approximate surface area is 117 Å². The van der Waals surface area contributed by atoms with E-state index in [-0.39, 0.29) is 12.5 Å². The molecular formula is C13H18ClNO4. The van der Waals surface area contributed by atoms with Crippen molar-refractivity contribution in [2.24, 2.45) is 0 Å². The number of amides is 1. The first-order chi connectivity index (χ1) is 9.12. The summed E-state index contributed by atoms with van der Waals surface area (Å²) < 4.78 is 15.0. The predicted molar refractivity (Wildman–Crippen MR) is 72.4 cm³/mol. The number of nitrogens with one attached hydrogen (secondary N) is 1. The van der Waals surface area contributed by atoms with E-state index < -0.39 is 11.7 Å². The van der Waals surface area contributed by atoms with Gasteiger partial charge in [0.2, 0.25) is 5.91 Å². The molecule has 0 heterocycles. The van der Waals surface area contributed by atoms with E-state index in [1.54, 1.807) is 31.4 Å². The van der Waals surface area contributed by atoms with Crippen LogP contribution in [0.2, 0.25) is 0 Å². The standard InChI is InChI=1S/C13H18ClNO4/c1-17-10-6-4-9(5-7-10)12(14)13(16)15-8-11(18-2)19-3/h4-7,11-12H,8H2,1-3H3,(H,15,16). The summed E-state index contributed by atoms with van der Waals surface area (Å²) in [5.74, 6) is 0.415. The van der Waals surface area contributed by atoms with E-state index in [4.69, 9.17) is 25.8 Å². The number of halogens is 1. The van der Waals surface area contributed by atoms with Crippen LogP contribution in [-0.2, 0) is 14.3 Å². The van der Waals surface area contributed by atoms with Crippen molar-refractivity contribution in [1.82, 2.24) is 5.32 Å². The molecule has 1 amide bonds. The topological polar surface area (TPSA) is 56.8 Å². The molecule has 0 aliphatic carbocycles. The van der Waals surface area contributed by atoms with Gasteiger partial charge in [-0.2, -0.15) is 0 Å². The molecule has 1 aromatic rings. The van der Waals surface area contributed by atoms with Gasteiger partial charge < -0.3 is 19.5 Å². The lowest BCUT2D eigenvalue weighted by molar-refractivity contribution is -0.127. The zero-order valence-corrected chi connectivity index (χ0v) is 11.9. The number of ether oxygens (including phenoxy) is 3. The van der Waals surface area contributed by atoms with E-state index in [0.29, 0.717) is 11.3 Å². The molecule has 0 fully saturated rings. The Balaban J connectivity index is 2.55. The van der Waals surface area contributed by atoms with Crippen molar-refractivity contribution >= 4 is 17.5 Å². The quantitative estimate of drug-likeness (QED) is 0.613. The van der Waals surface area contributed by atoms with E-state index >= 15 is 0 Å². The highest BCUT2D eigenvalue weighted by molar-refractivity contribution is 6.30. The first kappa shape index (κ1) is 15.8. The average molecular weight is 288 g/mol. The maximum absolute atomic E-state index is 11.8. The molecular weight excluding hydrogens is 270 g/mol. The summed E-state index contributed by atoms with van der Waals surface area (Å²) in [4.78, 5) is 11.8. The van der Waals surface area contributed by atoms with Crippen LogP contribution >= 0.6 is 11.6 Å². The van der Waals surface area contributed by atoms with Gasteiger partial charge in [-0.05, 0) is 17.7 Å². The van der Waals surface area contributed by atoms with Gasteiger partial charge in [-0.3, -0.25) is 4.79 Å². The van der Waals surface area contributed by atoms with E-state index in [1.165, 1.54) is 14.2 Å². The third-order valence-corrected chi connectivity index (χ3v) is 3.06. The van der Waals surface area contributed by atoms with Crippen LogP contribution in [0.5, 0.6) is 5.75 Å². The monoisotopic (exact) mass is 287 g/mol. The first-order valence-corrected chi connectivity index (χ1v) is 6.17. The minimum absolute atomic E-state index is 0.241. The van der Waals surface area contributed by atoms with Crippen molar-refractivity contribution in [1.29, 1.82) is 0 Å². The highest BCUT2D eigenvalue weighted by Gasteiger charge is 2.18. The molecule has 0 saturated carbocycles. The Kier molecular flexibility index (Phi) is 6.62. The molecule has 0 radical (unpaired) electrons. The van der Waals surface area contributed by atoms with Crippen molar-refractivity contribution in [3.8, 4) is 5.75 Å². The van der Waals surface area contributed by atoms with Gasteiger partial charge in [-0.1, -0.05) is 12.1 Å². The Hall–Kier alpha value is -1.30. The summed E-state index contributed by atoms with van der Waals surface area (Å²) in [5.41, 5.74) is 0.700. The molecule has 0 aliphatic rings. The van der Waals surface area contributed by atoms with E-state index in [9.17, 15) is 4.79 Å². The van der Waals surface area contributed by atoms with Gasteiger partial charge >= 0.3 is 0 Å². The van der Waals surface area contributed by atoms with Crippen LogP contribution < -0.4 is 10.1 Å². The number of hydrogen-bond donors (Lipinski definition) is 1. The van der Waals surface area contributed by atoms with Crippen LogP contribution in [0.3, 0.4) is 0 Å². The Morgan fingerprint density at radius 3 is 2.26 bits per heavy atom. The van der Waals surface area contributed by atoms with Crippen molar-refractivity contribution in [2.45, 2.75) is 11.7 Å². The molecule has 0 spiro atoms. The second-order valence-corrected chi connectivity index (χ2v) is 4.22. The van der Waals surface area contributed by atoms with E-state index in [1.807, 2.05) is 0 Å². The maximum Gasteiger partial charge on any atom is 0.242 e. The maximum atomic E-state index is 11.8. The fourth-order valence-corrected chi connectivity index (χ4v) is 1.68. The normalized spacial score (nSPS) is 12.3. The second-order valence-electron chi connectivity index (χ2n) is 3.78. The van der Waals surface area contributed by atoms with Gasteiger partial charge in [0, 0.05) is 14.2 Å². The molecule has 1 N–H and O–H groups in total. The molecule has 1 rings (SSSR count). The summed E-state index contributed by atoms with van der Waals surface area (Å²) in [6, 6.07) is 7.01. The summed E-state index contributed by atoms with van der Waals surface area (Å²) >= 11 is 6.09. The van der Waals surface area contributed by atoms with Gasteiger partial charge in [0.15, 0.2) is 6.29 Å². The number of methoxy groups -OCH3 is 3. The molecule has 1 unspecified atom stereocenters. The van der Waals surface area contributed by atoms with Crippen LogP contribution in [-0.4, -0.2) is 40.1 Å². The summed E-state index contributed by atoms with van der Waals surface area (Å²) in [7, 11) is 4.58. The lowest BCUT2D eigenvalue weighted by Crippen LogP contribution is -2.35. The van der Waals surface area contributed by atoms with Crippen molar-refractivity contribution in [3.05, 3.63) is 29.8 Å². The molecule has 6 heteroatoms. The minimum Gasteiger partial charge on any atom is -0.497 e. The lowest BCUT2D eigenvalue weighted by atomic mass is 10.1. The largest absolute Gasteiger partial charge is 0.497 e. The van der Waals surface area contributed by atoms with Crippen LogP contribution in [0, 0.1) is 0 Å². The summed E-state index contributed by atoms with van der Waals surface area (Å²) in [6.07, 6.45) is -0.483. The SMILES string of the molecule is COc1ccc(C(Cl)C(=O)NCC(OC)OC)cc1. The number of carbonyl (C=O) groups is 1. The Morgan fingerprint density at radius 2 is 1.79 bits per heavy atom. The van der Waals surface area contributed by atoms with Crippen molar-refractivity contribution in [2.75, 3.05) is 27.9 Å². The lowest BCUT2D eigenvalue weighted by Gasteiger charge is -2.16. The highest BCUT2D eigenvalue weighted by atomic mass is 35.5. The van der Waals surface area contributed by atoms with Gasteiger partial charge in [-0.15, -0.1) is 11.6 Å². The fourth-order valence-electron chi connectivity index (χ4n) is 1.46. The zero-order chi connectivity index (χ0) is 14.3. The van der Waals surface area contributed by atoms with E-state index in [0.717, 1.165) is 0 Å². The number of alkyl halides is 1. The van der Waals surface area contributed by atoms with Crippen LogP contribution in [0.4, 0.5) is 0 Å². The molecule has 1 atom stereocenters. The number of benzene rings is 1. The third kappa shape index (κ3) is 4.70. The smallest absolute Gasteiger partial charge is 0.242 e. The molecule has 0 bridgehead atoms. The molecule has 1 aromatic carbocycles. The first-order valence-electron chi connectivity index (χ1n) is 5.73. The number of rotatable bonds is 7. The number of hydrogen-bond acceptors (Lipinski definition) is 4. The van der Waals surface area contributed by atoms with Crippen LogP contribution in [0.1, 0.15) is 10.9 Å². The van der Waals surface area contributed by atoms with Crippen molar-refractivity contribution in [3.63, 3.8) is 0 Å². The van der Waals surface area contributed by atoms with Crippen LogP contribution in [0.15, 0.2) is 24.3 Å². The molecule has 5 nitrogen and oxygen atoms in total. The summed E-state index contributed by atoms with van der Waals surface area (Å²) in [5, 5.41) is 1.90. The second kappa shape index (κ2) is 7.99. The minimum atomic E-state index is -0.764. The molecule has 0 aliphatic heterocycles. The molecule has 0 aromatic heterocycles. The van der Waals surface area contributed by atoms with Gasteiger partial charge in [-0.25, -0.2) is 0 Å². The highest BCUT2D eigenvalue weighted by Crippen LogP contribution is 2.22. The van der Waals surface area contributed by atoms with Crippen LogP contribution in [0.25, 0.3) is 0 Å². The van der Waals surface area contributed by atoms with Gasteiger partial charge in [0.1, 0.15) is 11.1 Å². The molecule has 19 heavy (non-hydrogen) atoms. The molecule has 106 valence electrons. The Bertz CT molecular complexity index is 392. The average Bonchev–Trinajstić information content (AvgIpc) is 2.47. The fraction of sp³-hybridized carbons (Fsp3) is 0.462. The molecule has 0 saturated heterocycles. The third-order valence-electron chi connectivity index (χ3n) is 2.61. The van der Waals surface area contributed by atoms with Gasteiger partial charge in [0.25, 0.3) is 0 Å². The predicted octanol–water partition coefficient (Wildman–Crippen LogP) is 1.71. The van der Waals surface area contributed by atoms with E-state index in [2.05, 4.69) is 5.32 Å².